The van der Waals surface area contributed by atoms with Gasteiger partial charge in [0.1, 0.15) is 0 Å². The van der Waals surface area contributed by atoms with Gasteiger partial charge in [0.2, 0.25) is 0 Å². The fraction of sp³-hybridized carbons (Fsp3) is 0. The van der Waals surface area contributed by atoms with E-state index in [-0.39, 0.29) is 0 Å². The van der Waals surface area contributed by atoms with Crippen molar-refractivity contribution in [3.8, 4) is 4.08 Å². The summed E-state index contributed by atoms with van der Waals surface area (Å²) in [6, 6.07) is 7.72. The average molecular weight is 260 g/mol. The first-order valence-corrected chi connectivity index (χ1v) is 6.08. The quantitative estimate of drug-likeness (QED) is 0.726. The maximum absolute atomic E-state index is 8.67. The Balaban J connectivity index is 2.49. The van der Waals surface area contributed by atoms with Crippen molar-refractivity contribution in [3.05, 3.63) is 27.8 Å². The standard InChI is InChI=1S/C7H5IN2O/c9-5-8-6-3-1-2-4-7(6)10-11-8/h1-4,10H. The van der Waals surface area contributed by atoms with E-state index in [1.807, 2.05) is 24.3 Å². The van der Waals surface area contributed by atoms with Crippen LogP contribution in [0.25, 0.3) is 0 Å². The molecule has 0 saturated carbocycles. The maximum atomic E-state index is 8.67. The molecule has 1 aliphatic rings. The summed E-state index contributed by atoms with van der Waals surface area (Å²) >= 11 is -1.93. The molecule has 1 aromatic carbocycles. The van der Waals surface area contributed by atoms with Crippen molar-refractivity contribution < 1.29 is 3.17 Å². The van der Waals surface area contributed by atoms with Gasteiger partial charge in [-0.25, -0.2) is 0 Å². The van der Waals surface area contributed by atoms with Gasteiger partial charge >= 0.3 is 71.7 Å². The SMILES string of the molecule is N#CI1ONc2ccccc21. The fourth-order valence-corrected chi connectivity index (χ4v) is 3.28. The second kappa shape index (κ2) is 2.68. The van der Waals surface area contributed by atoms with E-state index in [1.165, 1.54) is 0 Å². The molecule has 3 nitrogen and oxygen atoms in total. The van der Waals surface area contributed by atoms with E-state index in [0.29, 0.717) is 0 Å². The number of nitrogens with one attached hydrogen (secondary N) is 1. The minimum atomic E-state index is -1.93. The molecule has 1 heterocycles. The molecule has 4 heteroatoms. The van der Waals surface area contributed by atoms with Gasteiger partial charge in [-0.3, -0.25) is 0 Å². The normalized spacial score (nSPS) is 16.8. The molecule has 1 aromatic rings. The van der Waals surface area contributed by atoms with Crippen LogP contribution in [0.4, 0.5) is 5.69 Å². The van der Waals surface area contributed by atoms with Gasteiger partial charge in [-0.2, -0.15) is 0 Å². The van der Waals surface area contributed by atoms with Crippen LogP contribution in [-0.2, 0) is 3.17 Å². The van der Waals surface area contributed by atoms with Crippen LogP contribution in [0.2, 0.25) is 0 Å². The third-order valence-corrected chi connectivity index (χ3v) is 4.46. The van der Waals surface area contributed by atoms with Gasteiger partial charge < -0.3 is 0 Å². The molecule has 11 heavy (non-hydrogen) atoms. The second-order valence-corrected chi connectivity index (χ2v) is 5.50. The van der Waals surface area contributed by atoms with Crippen LogP contribution < -0.4 is 5.48 Å². The molecular weight excluding hydrogens is 255 g/mol. The van der Waals surface area contributed by atoms with Crippen molar-refractivity contribution in [1.29, 1.82) is 5.26 Å². The summed E-state index contributed by atoms with van der Waals surface area (Å²) in [7, 11) is 0. The average Bonchev–Trinajstić information content (AvgIpc) is 2.47. The molecule has 0 aliphatic carbocycles. The molecule has 0 spiro atoms. The van der Waals surface area contributed by atoms with Crippen molar-refractivity contribution in [2.45, 2.75) is 0 Å². The molecule has 1 N–H and O–H groups in total. The van der Waals surface area contributed by atoms with Gasteiger partial charge in [-0.05, 0) is 0 Å². The van der Waals surface area contributed by atoms with Crippen molar-refractivity contribution in [2.75, 3.05) is 5.48 Å². The molecule has 56 valence electrons. The Hall–Kier alpha value is -0.800. The molecule has 0 fully saturated rings. The molecule has 2 rings (SSSR count). The Bertz CT molecular complexity index is 320. The summed E-state index contributed by atoms with van der Waals surface area (Å²) in [5.41, 5.74) is 3.71. The molecule has 0 amide bonds. The predicted molar refractivity (Wildman–Crippen MR) is 49.5 cm³/mol. The van der Waals surface area contributed by atoms with Crippen LogP contribution >= 0.6 is 20.2 Å². The van der Waals surface area contributed by atoms with E-state index in [4.69, 9.17) is 8.43 Å². The van der Waals surface area contributed by atoms with Gasteiger partial charge in [0, 0.05) is 0 Å². The Morgan fingerprint density at radius 2 is 2.27 bits per heavy atom. The van der Waals surface area contributed by atoms with Crippen molar-refractivity contribution in [3.63, 3.8) is 0 Å². The van der Waals surface area contributed by atoms with Gasteiger partial charge in [-0.15, -0.1) is 0 Å². The van der Waals surface area contributed by atoms with E-state index < -0.39 is 20.2 Å². The summed E-state index contributed by atoms with van der Waals surface area (Å²) in [5.74, 6) is 0. The zero-order valence-electron chi connectivity index (χ0n) is 5.54. The Morgan fingerprint density at radius 1 is 1.45 bits per heavy atom. The Morgan fingerprint density at radius 3 is 3.09 bits per heavy atom. The Kier molecular flexibility index (Phi) is 1.68. The molecule has 0 atom stereocenters. The van der Waals surface area contributed by atoms with E-state index in [9.17, 15) is 0 Å². The van der Waals surface area contributed by atoms with Crippen molar-refractivity contribution >= 4 is 25.9 Å². The summed E-state index contributed by atoms with van der Waals surface area (Å²) in [6.07, 6.45) is 0. The first kappa shape index (κ1) is 6.88. The first-order valence-electron chi connectivity index (χ1n) is 3.04. The van der Waals surface area contributed by atoms with E-state index >= 15 is 0 Å². The topological polar surface area (TPSA) is 45.0 Å². The third-order valence-electron chi connectivity index (χ3n) is 1.36. The zero-order chi connectivity index (χ0) is 7.68. The van der Waals surface area contributed by atoms with Crippen LogP contribution in [-0.4, -0.2) is 0 Å². The number of para-hydroxylation sites is 1. The molecule has 0 bridgehead atoms. The number of hydrogen-bond donors (Lipinski definition) is 1. The van der Waals surface area contributed by atoms with Crippen LogP contribution in [0.15, 0.2) is 24.3 Å². The number of benzene rings is 1. The van der Waals surface area contributed by atoms with Gasteiger partial charge in [0.25, 0.3) is 0 Å². The van der Waals surface area contributed by atoms with E-state index in [0.717, 1.165) is 9.26 Å². The number of halogens is 1. The van der Waals surface area contributed by atoms with Crippen LogP contribution in [0.1, 0.15) is 0 Å². The van der Waals surface area contributed by atoms with Crippen LogP contribution in [0, 0.1) is 12.9 Å². The van der Waals surface area contributed by atoms with Crippen molar-refractivity contribution in [1.82, 2.24) is 0 Å². The number of hydrogen-bond acceptors (Lipinski definition) is 3. The summed E-state index contributed by atoms with van der Waals surface area (Å²) in [5, 5.41) is 8.67. The van der Waals surface area contributed by atoms with E-state index in [2.05, 4.69) is 9.56 Å². The van der Waals surface area contributed by atoms with Crippen LogP contribution in [0.5, 0.6) is 0 Å². The van der Waals surface area contributed by atoms with Gasteiger partial charge in [-0.1, -0.05) is 0 Å². The number of rotatable bonds is 0. The number of anilines is 1. The summed E-state index contributed by atoms with van der Waals surface area (Å²) in [4.78, 5) is 0. The Labute approximate surface area is 71.9 Å². The molecule has 0 unspecified atom stereocenters. The molecule has 0 saturated heterocycles. The third kappa shape index (κ3) is 1.06. The predicted octanol–water partition coefficient (Wildman–Crippen LogP) is 2.12. The fourth-order valence-electron chi connectivity index (χ4n) is 0.878. The first-order chi connectivity index (χ1) is 5.42. The molecule has 0 aromatic heterocycles. The zero-order valence-corrected chi connectivity index (χ0v) is 7.70. The molecular formula is C7H5IN2O. The van der Waals surface area contributed by atoms with Gasteiger partial charge in [0.05, 0.1) is 0 Å². The number of fused-ring (bicyclic) bond motifs is 1. The van der Waals surface area contributed by atoms with E-state index in [1.54, 1.807) is 0 Å². The summed E-state index contributed by atoms with van der Waals surface area (Å²) < 4.78 is 8.38. The van der Waals surface area contributed by atoms with Crippen LogP contribution in [0.3, 0.4) is 0 Å². The second-order valence-electron chi connectivity index (χ2n) is 1.99. The molecule has 1 aliphatic heterocycles. The van der Waals surface area contributed by atoms with Gasteiger partial charge in [0.15, 0.2) is 0 Å². The number of nitrogens with zero attached hydrogens (tertiary/aromatic N) is 1. The van der Waals surface area contributed by atoms with Crippen molar-refractivity contribution in [2.24, 2.45) is 0 Å². The minimum absolute atomic E-state index is 0.958. The number of nitriles is 1. The molecule has 0 radical (unpaired) electrons. The monoisotopic (exact) mass is 260 g/mol. The summed E-state index contributed by atoms with van der Waals surface area (Å²) in [6.45, 7) is 0.